The molecule has 0 aliphatic rings. The van der Waals surface area contributed by atoms with E-state index in [2.05, 4.69) is 89.5 Å². The van der Waals surface area contributed by atoms with Gasteiger partial charge < -0.3 is 14.3 Å². The number of rotatable bonds is 4. The molecule has 5 nitrogen and oxygen atoms in total. The molecule has 0 aliphatic carbocycles. The van der Waals surface area contributed by atoms with Gasteiger partial charge in [-0.15, -0.1) is 40.5 Å². The summed E-state index contributed by atoms with van der Waals surface area (Å²) in [5.74, 6) is 1.77. The van der Waals surface area contributed by atoms with E-state index in [1.165, 1.54) is 10.4 Å². The number of thiophene rings is 1. The molecule has 0 bridgehead atoms. The number of hydrogen-bond donors (Lipinski definition) is 0. The molecule has 0 aliphatic heterocycles. The molecule has 7 heteroatoms. The molecule has 0 fully saturated rings. The van der Waals surface area contributed by atoms with Gasteiger partial charge >= 0.3 is 21.1 Å². The number of ether oxygens (including phenoxy) is 1. The molecule has 3 aromatic carbocycles. The molecule has 0 spiro atoms. The Hall–Kier alpha value is -4.30. The third-order valence-electron chi connectivity index (χ3n) is 7.38. The molecule has 0 radical (unpaired) electrons. The van der Waals surface area contributed by atoms with Gasteiger partial charge in [0.1, 0.15) is 11.5 Å². The van der Waals surface area contributed by atoms with Crippen molar-refractivity contribution < 1.29 is 25.8 Å². The molecule has 212 valence electrons. The second-order valence-electron chi connectivity index (χ2n) is 11.4. The normalized spacial score (nSPS) is 11.5. The summed E-state index contributed by atoms with van der Waals surface area (Å²) in [6.07, 6.45) is 3.68. The molecule has 4 aromatic heterocycles. The Morgan fingerprint density at radius 1 is 0.907 bits per heavy atom. The van der Waals surface area contributed by atoms with Gasteiger partial charge in [-0.1, -0.05) is 62.7 Å². The van der Waals surface area contributed by atoms with Gasteiger partial charge in [-0.3, -0.25) is 4.85 Å². The van der Waals surface area contributed by atoms with E-state index in [4.69, 9.17) is 11.3 Å². The summed E-state index contributed by atoms with van der Waals surface area (Å²) < 4.78 is 9.59. The van der Waals surface area contributed by atoms with E-state index < -0.39 is 0 Å². The molecule has 0 saturated heterocycles. The third kappa shape index (κ3) is 5.36. The molecule has 43 heavy (non-hydrogen) atoms. The fraction of sp³-hybridized carbons (Fsp3) is 0.139. The van der Waals surface area contributed by atoms with Crippen molar-refractivity contribution in [2.24, 2.45) is 0 Å². The Kier molecular flexibility index (Phi) is 7.42. The number of fused-ring (bicyclic) bond motifs is 4. The summed E-state index contributed by atoms with van der Waals surface area (Å²) in [6, 6.07) is 31.0. The summed E-state index contributed by atoms with van der Waals surface area (Å²) in [5.41, 5.74) is 5.12. The van der Waals surface area contributed by atoms with Crippen molar-refractivity contribution in [2.75, 3.05) is 0 Å². The van der Waals surface area contributed by atoms with Crippen molar-refractivity contribution in [3.8, 4) is 28.6 Å². The van der Waals surface area contributed by atoms with Crippen LogP contribution in [0, 0.1) is 25.6 Å². The zero-order valence-corrected chi connectivity index (χ0v) is 27.1. The molecule has 0 N–H and O–H groups in total. The molecular formula is C36H26N4OPtS. The van der Waals surface area contributed by atoms with Gasteiger partial charge in [-0.05, 0) is 58.6 Å². The average molecular weight is 758 g/mol. The Balaban J connectivity index is 0.00000329. The number of hydrogen-bond acceptors (Lipinski definition) is 4. The predicted octanol–water partition coefficient (Wildman–Crippen LogP) is 10.0. The van der Waals surface area contributed by atoms with E-state index >= 15 is 0 Å². The van der Waals surface area contributed by atoms with E-state index in [1.807, 2.05) is 36.5 Å². The predicted molar refractivity (Wildman–Crippen MR) is 171 cm³/mol. The molecule has 7 aromatic rings. The standard InChI is InChI=1S/C36H26N4OS.Pt/c1-22-14-24-17-31(39-21-34(24)42-22)23-15-26(37-5)19-28(16-23)41-27-10-11-29-30-18-25(36(2,3)4)9-12-32(30)40(33(29)20-27)35-8-6-7-13-38-35;/h6-15,17-19,21H,1-4H3;/q-2;+2. The quantitative estimate of drug-likeness (QED) is 0.168. The Morgan fingerprint density at radius 2 is 1.77 bits per heavy atom. The van der Waals surface area contributed by atoms with Crippen molar-refractivity contribution in [1.82, 2.24) is 14.5 Å². The SMILES string of the molecule is [C-]#[N+]c1cc(Oc2[c-]c3c(cc2)c2cc(C(C)(C)C)ccc2n3-c2ccccn2)[c-]c(-c2cc3cc(C)sc3cn2)c1.[Pt+2]. The first-order valence-electron chi connectivity index (χ1n) is 13.7. The number of pyridine rings is 2. The molecule has 0 saturated carbocycles. The van der Waals surface area contributed by atoms with Crippen LogP contribution in [-0.2, 0) is 26.5 Å². The zero-order valence-electron chi connectivity index (χ0n) is 24.0. The summed E-state index contributed by atoms with van der Waals surface area (Å²) in [6.45, 7) is 16.4. The van der Waals surface area contributed by atoms with Gasteiger partial charge in [0.15, 0.2) is 0 Å². The van der Waals surface area contributed by atoms with Crippen molar-refractivity contribution >= 4 is 48.9 Å². The molecule has 0 amide bonds. The van der Waals surface area contributed by atoms with Crippen molar-refractivity contribution in [3.05, 3.63) is 119 Å². The maximum absolute atomic E-state index is 7.69. The van der Waals surface area contributed by atoms with Crippen LogP contribution < -0.4 is 4.74 Å². The minimum Gasteiger partial charge on any atom is -0.504 e. The first-order chi connectivity index (χ1) is 20.3. The Bertz CT molecular complexity index is 2190. The van der Waals surface area contributed by atoms with Crippen molar-refractivity contribution in [2.45, 2.75) is 33.1 Å². The Morgan fingerprint density at radius 3 is 2.53 bits per heavy atom. The Labute approximate surface area is 268 Å². The molecular weight excluding hydrogens is 732 g/mol. The van der Waals surface area contributed by atoms with Gasteiger partial charge in [0, 0.05) is 34.3 Å². The summed E-state index contributed by atoms with van der Waals surface area (Å²) in [5, 5.41) is 3.33. The fourth-order valence-corrected chi connectivity index (χ4v) is 6.18. The molecule has 4 heterocycles. The maximum Gasteiger partial charge on any atom is 2.00 e. The molecule has 7 rings (SSSR count). The van der Waals surface area contributed by atoms with Gasteiger partial charge in [0.05, 0.1) is 11.3 Å². The first-order valence-corrected chi connectivity index (χ1v) is 14.5. The van der Waals surface area contributed by atoms with Gasteiger partial charge in [0.2, 0.25) is 0 Å². The number of nitrogens with zero attached hydrogens (tertiary/aromatic N) is 4. The second-order valence-corrected chi connectivity index (χ2v) is 12.7. The van der Waals surface area contributed by atoms with E-state index in [1.54, 1.807) is 29.7 Å². The number of aromatic nitrogens is 3. The number of aryl methyl sites for hydroxylation is 1. The van der Waals surface area contributed by atoms with Crippen molar-refractivity contribution in [1.29, 1.82) is 0 Å². The number of benzene rings is 3. The van der Waals surface area contributed by atoms with Crippen LogP contribution in [0.1, 0.15) is 31.2 Å². The van der Waals surface area contributed by atoms with Crippen LogP contribution in [0.2, 0.25) is 0 Å². The van der Waals surface area contributed by atoms with Gasteiger partial charge in [0.25, 0.3) is 0 Å². The van der Waals surface area contributed by atoms with E-state index in [-0.39, 0.29) is 26.5 Å². The molecule has 0 unspecified atom stereocenters. The van der Waals surface area contributed by atoms with E-state index in [0.717, 1.165) is 43.4 Å². The van der Waals surface area contributed by atoms with Crippen LogP contribution in [0.15, 0.2) is 85.2 Å². The summed E-state index contributed by atoms with van der Waals surface area (Å²) in [4.78, 5) is 14.2. The minimum atomic E-state index is 0. The largest absolute Gasteiger partial charge is 2.00 e. The maximum atomic E-state index is 7.69. The van der Waals surface area contributed by atoms with E-state index in [9.17, 15) is 0 Å². The second kappa shape index (κ2) is 11.1. The topological polar surface area (TPSA) is 44.3 Å². The minimum absolute atomic E-state index is 0. The van der Waals surface area contributed by atoms with Crippen molar-refractivity contribution in [3.63, 3.8) is 0 Å². The van der Waals surface area contributed by atoms with Crippen LogP contribution in [0.3, 0.4) is 0 Å². The van der Waals surface area contributed by atoms with Crippen LogP contribution in [0.4, 0.5) is 5.69 Å². The third-order valence-corrected chi connectivity index (χ3v) is 8.38. The molecule has 0 atom stereocenters. The van der Waals surface area contributed by atoms with Gasteiger partial charge in [-0.2, -0.15) is 6.07 Å². The zero-order chi connectivity index (χ0) is 29.0. The van der Waals surface area contributed by atoms with Crippen LogP contribution in [0.25, 0.3) is 53.8 Å². The monoisotopic (exact) mass is 757 g/mol. The van der Waals surface area contributed by atoms with E-state index in [0.29, 0.717) is 22.7 Å². The van der Waals surface area contributed by atoms with Crippen LogP contribution >= 0.6 is 11.3 Å². The summed E-state index contributed by atoms with van der Waals surface area (Å²) in [7, 11) is 0. The summed E-state index contributed by atoms with van der Waals surface area (Å²) >= 11 is 1.72. The van der Waals surface area contributed by atoms with Crippen LogP contribution in [-0.4, -0.2) is 14.5 Å². The average Bonchev–Trinajstić information content (AvgIpc) is 3.52. The van der Waals surface area contributed by atoms with Gasteiger partial charge in [-0.25, -0.2) is 4.98 Å². The smallest absolute Gasteiger partial charge is 0.504 e. The fourth-order valence-electron chi connectivity index (χ4n) is 5.30. The first kappa shape index (κ1) is 28.8. The van der Waals surface area contributed by atoms with Crippen LogP contribution in [0.5, 0.6) is 11.5 Å².